The Morgan fingerprint density at radius 2 is 2.20 bits per heavy atom. The molecule has 0 aliphatic carbocycles. The lowest BCUT2D eigenvalue weighted by Crippen LogP contribution is -2.05. The Bertz CT molecular complexity index is 634. The van der Waals surface area contributed by atoms with Crippen molar-refractivity contribution in [2.45, 2.75) is 33.2 Å². The lowest BCUT2D eigenvalue weighted by Gasteiger charge is -2.02. The summed E-state index contributed by atoms with van der Waals surface area (Å²) in [6.45, 7) is 4.74. The van der Waals surface area contributed by atoms with Gasteiger partial charge in [0.2, 0.25) is 0 Å². The molecule has 0 aliphatic heterocycles. The van der Waals surface area contributed by atoms with E-state index in [0.29, 0.717) is 22.1 Å². The maximum Gasteiger partial charge on any atom is 0.156 e. The van der Waals surface area contributed by atoms with Crippen LogP contribution >= 0.6 is 11.6 Å². The number of rotatable bonds is 5. The highest BCUT2D eigenvalue weighted by Crippen LogP contribution is 2.28. The molecule has 1 aromatic carbocycles. The van der Waals surface area contributed by atoms with Crippen LogP contribution in [0.4, 0.5) is 5.82 Å². The molecular formula is C15H18ClN3O. The van der Waals surface area contributed by atoms with Crippen molar-refractivity contribution in [1.29, 1.82) is 0 Å². The first-order valence-corrected chi connectivity index (χ1v) is 7.04. The number of aromatic nitrogens is 2. The summed E-state index contributed by atoms with van der Waals surface area (Å²) in [6, 6.07) is 5.58. The van der Waals surface area contributed by atoms with Crippen LogP contribution in [-0.2, 0) is 6.54 Å². The van der Waals surface area contributed by atoms with E-state index in [9.17, 15) is 4.79 Å². The predicted octanol–water partition coefficient (Wildman–Crippen LogP) is 3.71. The maximum absolute atomic E-state index is 11.3. The Labute approximate surface area is 123 Å². The topological polar surface area (TPSA) is 60.9 Å². The van der Waals surface area contributed by atoms with Gasteiger partial charge in [0.05, 0.1) is 5.56 Å². The molecule has 0 saturated heterocycles. The van der Waals surface area contributed by atoms with Crippen molar-refractivity contribution in [3.8, 4) is 11.3 Å². The molecule has 0 spiro atoms. The molecular weight excluding hydrogens is 274 g/mol. The number of benzene rings is 1. The Kier molecular flexibility index (Phi) is 4.45. The molecule has 5 heteroatoms. The summed E-state index contributed by atoms with van der Waals surface area (Å²) in [4.78, 5) is 11.3. The van der Waals surface area contributed by atoms with Crippen molar-refractivity contribution in [2.75, 3.05) is 5.73 Å². The van der Waals surface area contributed by atoms with E-state index in [1.165, 1.54) is 0 Å². The van der Waals surface area contributed by atoms with Crippen LogP contribution in [0.3, 0.4) is 0 Å². The van der Waals surface area contributed by atoms with Crippen molar-refractivity contribution < 1.29 is 4.79 Å². The fraction of sp³-hybridized carbons (Fsp3) is 0.333. The zero-order chi connectivity index (χ0) is 14.7. The molecule has 2 aromatic rings. The van der Waals surface area contributed by atoms with E-state index in [4.69, 9.17) is 17.3 Å². The smallest absolute Gasteiger partial charge is 0.156 e. The number of hydrogen-bond acceptors (Lipinski definition) is 3. The molecule has 0 unspecified atom stereocenters. The molecule has 2 N–H and O–H groups in total. The highest BCUT2D eigenvalue weighted by atomic mass is 35.5. The summed E-state index contributed by atoms with van der Waals surface area (Å²) in [5.74, 6) is 0.427. The fourth-order valence-corrected chi connectivity index (χ4v) is 2.21. The Balaban J connectivity index is 2.49. The van der Waals surface area contributed by atoms with E-state index < -0.39 is 0 Å². The second-order valence-corrected chi connectivity index (χ2v) is 5.21. The van der Waals surface area contributed by atoms with Crippen LogP contribution in [0.5, 0.6) is 0 Å². The number of unbranched alkanes of at least 4 members (excludes halogenated alkanes) is 1. The number of carbonyl (C=O) groups excluding carboxylic acids is 1. The van der Waals surface area contributed by atoms with Gasteiger partial charge >= 0.3 is 0 Å². The van der Waals surface area contributed by atoms with Crippen molar-refractivity contribution in [3.63, 3.8) is 0 Å². The number of nitrogen functional groups attached to an aromatic ring is 1. The van der Waals surface area contributed by atoms with E-state index >= 15 is 0 Å². The number of nitrogens with two attached hydrogens (primary N) is 1. The summed E-state index contributed by atoms with van der Waals surface area (Å²) < 4.78 is 1.70. The monoisotopic (exact) mass is 291 g/mol. The minimum Gasteiger partial charge on any atom is -0.383 e. The first-order valence-electron chi connectivity index (χ1n) is 6.66. The zero-order valence-electron chi connectivity index (χ0n) is 11.7. The van der Waals surface area contributed by atoms with Gasteiger partial charge in [0.25, 0.3) is 0 Å². The fourth-order valence-electron chi connectivity index (χ4n) is 2.09. The molecule has 1 aromatic heterocycles. The summed E-state index contributed by atoms with van der Waals surface area (Å²) in [7, 11) is 0. The van der Waals surface area contributed by atoms with Gasteiger partial charge in [-0.15, -0.1) is 0 Å². The minimum absolute atomic E-state index is 0.427. The van der Waals surface area contributed by atoms with Crippen molar-refractivity contribution >= 4 is 23.7 Å². The molecule has 0 aliphatic rings. The lowest BCUT2D eigenvalue weighted by molar-refractivity contribution is 0.112. The number of carbonyl (C=O) groups is 1. The number of nitrogens with zero attached hydrogens (tertiary/aromatic N) is 2. The normalized spacial score (nSPS) is 10.8. The molecule has 0 bridgehead atoms. The van der Waals surface area contributed by atoms with Crippen LogP contribution in [0.2, 0.25) is 5.02 Å². The molecule has 0 fully saturated rings. The Hall–Kier alpha value is -1.81. The molecule has 0 amide bonds. The van der Waals surface area contributed by atoms with Crippen molar-refractivity contribution in [3.05, 3.63) is 34.3 Å². The average Bonchev–Trinajstić information content (AvgIpc) is 2.76. The van der Waals surface area contributed by atoms with Crippen LogP contribution in [0.15, 0.2) is 18.2 Å². The highest BCUT2D eigenvalue weighted by Gasteiger charge is 2.16. The third-order valence-electron chi connectivity index (χ3n) is 3.30. The molecule has 2 rings (SSSR count). The maximum atomic E-state index is 11.3. The second kappa shape index (κ2) is 6.09. The van der Waals surface area contributed by atoms with Gasteiger partial charge in [-0.05, 0) is 31.0 Å². The Morgan fingerprint density at radius 3 is 2.80 bits per heavy atom. The summed E-state index contributed by atoms with van der Waals surface area (Å²) in [6.07, 6.45) is 2.79. The van der Waals surface area contributed by atoms with E-state index in [1.807, 2.05) is 25.1 Å². The first-order chi connectivity index (χ1) is 9.58. The van der Waals surface area contributed by atoms with Gasteiger partial charge in [0, 0.05) is 17.1 Å². The van der Waals surface area contributed by atoms with Gasteiger partial charge in [0.15, 0.2) is 6.29 Å². The van der Waals surface area contributed by atoms with Gasteiger partial charge in [0.1, 0.15) is 11.5 Å². The average molecular weight is 292 g/mol. The van der Waals surface area contributed by atoms with E-state index in [2.05, 4.69) is 12.0 Å². The molecule has 4 nitrogen and oxygen atoms in total. The zero-order valence-corrected chi connectivity index (χ0v) is 12.4. The summed E-state index contributed by atoms with van der Waals surface area (Å²) in [5.41, 5.74) is 8.87. The van der Waals surface area contributed by atoms with Crippen molar-refractivity contribution in [1.82, 2.24) is 9.78 Å². The second-order valence-electron chi connectivity index (χ2n) is 4.81. The summed E-state index contributed by atoms with van der Waals surface area (Å²) in [5, 5.41) is 5.17. The quantitative estimate of drug-likeness (QED) is 0.854. The number of anilines is 1. The molecule has 106 valence electrons. The molecule has 20 heavy (non-hydrogen) atoms. The number of aryl methyl sites for hydroxylation is 2. The summed E-state index contributed by atoms with van der Waals surface area (Å²) >= 11 is 6.03. The van der Waals surface area contributed by atoms with Gasteiger partial charge in [-0.2, -0.15) is 5.10 Å². The lowest BCUT2D eigenvalue weighted by atomic mass is 10.1. The van der Waals surface area contributed by atoms with Crippen molar-refractivity contribution in [2.24, 2.45) is 0 Å². The molecule has 1 heterocycles. The number of hydrogen-bond donors (Lipinski definition) is 1. The Morgan fingerprint density at radius 1 is 1.45 bits per heavy atom. The number of aldehydes is 1. The van der Waals surface area contributed by atoms with Crippen LogP contribution in [-0.4, -0.2) is 16.1 Å². The van der Waals surface area contributed by atoms with E-state index in [1.54, 1.807) is 4.68 Å². The first kappa shape index (κ1) is 14.6. The predicted molar refractivity (Wildman–Crippen MR) is 82.1 cm³/mol. The largest absolute Gasteiger partial charge is 0.383 e. The van der Waals surface area contributed by atoms with E-state index in [-0.39, 0.29) is 0 Å². The molecule has 0 atom stereocenters. The van der Waals surface area contributed by atoms with Crippen LogP contribution in [0.25, 0.3) is 11.3 Å². The van der Waals surface area contributed by atoms with Gasteiger partial charge in [-0.1, -0.05) is 31.0 Å². The van der Waals surface area contributed by atoms with Crippen LogP contribution in [0.1, 0.15) is 35.7 Å². The molecule has 0 radical (unpaired) electrons. The highest BCUT2D eigenvalue weighted by molar-refractivity contribution is 6.31. The third-order valence-corrected chi connectivity index (χ3v) is 3.73. The van der Waals surface area contributed by atoms with Crippen LogP contribution in [0, 0.1) is 6.92 Å². The van der Waals surface area contributed by atoms with Crippen LogP contribution < -0.4 is 5.73 Å². The minimum atomic E-state index is 0.427. The van der Waals surface area contributed by atoms with Gasteiger partial charge < -0.3 is 5.73 Å². The van der Waals surface area contributed by atoms with Gasteiger partial charge in [-0.3, -0.25) is 4.79 Å². The standard InChI is InChI=1S/C15H18ClN3O/c1-3-4-7-19-15(17)12(9-20)14(18-19)11-5-6-13(16)10(2)8-11/h5-6,8-9H,3-4,7,17H2,1-2H3. The molecule has 0 saturated carbocycles. The SMILES string of the molecule is CCCCn1nc(-c2ccc(Cl)c(C)c2)c(C=O)c1N. The van der Waals surface area contributed by atoms with Gasteiger partial charge in [-0.25, -0.2) is 4.68 Å². The third kappa shape index (κ3) is 2.70. The van der Waals surface area contributed by atoms with E-state index in [0.717, 1.165) is 36.8 Å². The number of halogens is 1.